The maximum Gasteiger partial charge on any atom is 0.245 e. The number of anilines is 1. The number of fused-ring (bicyclic) bond motifs is 1. The first-order valence-electron chi connectivity index (χ1n) is 6.55. The summed E-state index contributed by atoms with van der Waals surface area (Å²) in [7, 11) is 0. The van der Waals surface area contributed by atoms with E-state index in [9.17, 15) is 9.90 Å². The van der Waals surface area contributed by atoms with Crippen LogP contribution < -0.4 is 5.32 Å². The van der Waals surface area contributed by atoms with Crippen molar-refractivity contribution >= 4 is 11.6 Å². The molecule has 18 heavy (non-hydrogen) atoms. The van der Waals surface area contributed by atoms with Gasteiger partial charge in [-0.15, -0.1) is 0 Å². The number of carbonyl (C=O) groups is 1. The minimum Gasteiger partial charge on any atom is -0.393 e. The van der Waals surface area contributed by atoms with E-state index in [1.165, 1.54) is 5.56 Å². The van der Waals surface area contributed by atoms with Crippen LogP contribution in [-0.2, 0) is 11.2 Å². The molecule has 0 saturated carbocycles. The number of amides is 1. The van der Waals surface area contributed by atoms with E-state index in [-0.39, 0.29) is 18.1 Å². The van der Waals surface area contributed by atoms with Crippen LogP contribution in [0.3, 0.4) is 0 Å². The third kappa shape index (κ3) is 2.08. The molecule has 0 spiro atoms. The Morgan fingerprint density at radius 3 is 2.72 bits per heavy atom. The van der Waals surface area contributed by atoms with E-state index in [1.54, 1.807) is 0 Å². The third-order valence-electron chi connectivity index (χ3n) is 3.85. The Morgan fingerprint density at radius 2 is 2.00 bits per heavy atom. The van der Waals surface area contributed by atoms with Gasteiger partial charge < -0.3 is 15.3 Å². The SMILES string of the molecule is O=C(C1Cc2ccccc2N1)N1CCC(O)CC1. The van der Waals surface area contributed by atoms with Gasteiger partial charge in [0.05, 0.1) is 6.10 Å². The summed E-state index contributed by atoms with van der Waals surface area (Å²) in [5, 5.41) is 12.8. The summed E-state index contributed by atoms with van der Waals surface area (Å²) in [5.41, 5.74) is 2.29. The Morgan fingerprint density at radius 1 is 1.28 bits per heavy atom. The van der Waals surface area contributed by atoms with Gasteiger partial charge in [0.1, 0.15) is 6.04 Å². The summed E-state index contributed by atoms with van der Waals surface area (Å²) in [5.74, 6) is 0.165. The molecule has 3 rings (SSSR count). The molecule has 1 fully saturated rings. The predicted molar refractivity (Wildman–Crippen MR) is 69.4 cm³/mol. The predicted octanol–water partition coefficient (Wildman–Crippen LogP) is 1.01. The van der Waals surface area contributed by atoms with Gasteiger partial charge in [0.2, 0.25) is 5.91 Å². The fourth-order valence-electron chi connectivity index (χ4n) is 2.75. The van der Waals surface area contributed by atoms with Crippen LogP contribution in [0, 0.1) is 0 Å². The number of hydrogen-bond acceptors (Lipinski definition) is 3. The molecule has 1 aromatic carbocycles. The second-order valence-electron chi connectivity index (χ2n) is 5.11. The highest BCUT2D eigenvalue weighted by Crippen LogP contribution is 2.26. The van der Waals surface area contributed by atoms with Crippen molar-refractivity contribution in [3.05, 3.63) is 29.8 Å². The molecule has 2 aliphatic rings. The lowest BCUT2D eigenvalue weighted by Gasteiger charge is -2.31. The van der Waals surface area contributed by atoms with Crippen LogP contribution in [-0.4, -0.2) is 41.1 Å². The molecule has 1 amide bonds. The molecule has 0 bridgehead atoms. The van der Waals surface area contributed by atoms with Crippen molar-refractivity contribution < 1.29 is 9.90 Å². The van der Waals surface area contributed by atoms with E-state index in [0.717, 1.165) is 12.1 Å². The van der Waals surface area contributed by atoms with E-state index in [1.807, 2.05) is 23.1 Å². The van der Waals surface area contributed by atoms with Crippen molar-refractivity contribution in [2.45, 2.75) is 31.4 Å². The van der Waals surface area contributed by atoms with Crippen LogP contribution in [0.1, 0.15) is 18.4 Å². The number of aliphatic hydroxyl groups excluding tert-OH is 1. The van der Waals surface area contributed by atoms with E-state index in [4.69, 9.17) is 0 Å². The van der Waals surface area contributed by atoms with E-state index in [2.05, 4.69) is 11.4 Å². The molecular weight excluding hydrogens is 228 g/mol. The number of rotatable bonds is 1. The maximum atomic E-state index is 12.4. The van der Waals surface area contributed by atoms with Crippen molar-refractivity contribution in [3.63, 3.8) is 0 Å². The molecule has 0 radical (unpaired) electrons. The Kier molecular flexibility index (Phi) is 2.96. The van der Waals surface area contributed by atoms with E-state index < -0.39 is 0 Å². The molecule has 4 heteroatoms. The first-order chi connectivity index (χ1) is 8.74. The zero-order valence-electron chi connectivity index (χ0n) is 10.3. The van der Waals surface area contributed by atoms with Crippen LogP contribution in [0.5, 0.6) is 0 Å². The average Bonchev–Trinajstić information content (AvgIpc) is 2.82. The summed E-state index contributed by atoms with van der Waals surface area (Å²) in [4.78, 5) is 14.2. The fraction of sp³-hybridized carbons (Fsp3) is 0.500. The summed E-state index contributed by atoms with van der Waals surface area (Å²) >= 11 is 0. The highest BCUT2D eigenvalue weighted by Gasteiger charge is 2.31. The largest absolute Gasteiger partial charge is 0.393 e. The number of para-hydroxylation sites is 1. The van der Waals surface area contributed by atoms with E-state index in [0.29, 0.717) is 25.9 Å². The highest BCUT2D eigenvalue weighted by molar-refractivity contribution is 5.87. The Bertz CT molecular complexity index is 428. The molecule has 2 N–H and O–H groups in total. The topological polar surface area (TPSA) is 52.6 Å². The normalized spacial score (nSPS) is 23.6. The Balaban J connectivity index is 1.65. The first kappa shape index (κ1) is 11.5. The molecule has 1 aromatic rings. The zero-order valence-corrected chi connectivity index (χ0v) is 10.3. The van der Waals surface area contributed by atoms with Gasteiger partial charge >= 0.3 is 0 Å². The van der Waals surface area contributed by atoms with Gasteiger partial charge in [0.15, 0.2) is 0 Å². The van der Waals surface area contributed by atoms with Gasteiger partial charge in [-0.3, -0.25) is 4.79 Å². The van der Waals surface area contributed by atoms with Gasteiger partial charge in [-0.2, -0.15) is 0 Å². The molecule has 0 aliphatic carbocycles. The lowest BCUT2D eigenvalue weighted by atomic mass is 10.1. The summed E-state index contributed by atoms with van der Waals surface area (Å²) in [6.07, 6.45) is 1.94. The maximum absolute atomic E-state index is 12.4. The number of nitrogens with zero attached hydrogens (tertiary/aromatic N) is 1. The second-order valence-corrected chi connectivity index (χ2v) is 5.11. The smallest absolute Gasteiger partial charge is 0.245 e. The summed E-state index contributed by atoms with van der Waals surface area (Å²) in [6.45, 7) is 1.35. The van der Waals surface area contributed by atoms with Crippen LogP contribution >= 0.6 is 0 Å². The minimum absolute atomic E-state index is 0.127. The van der Waals surface area contributed by atoms with Crippen molar-refractivity contribution in [3.8, 4) is 0 Å². The summed E-state index contributed by atoms with van der Waals surface area (Å²) in [6, 6.07) is 7.94. The highest BCUT2D eigenvalue weighted by atomic mass is 16.3. The average molecular weight is 246 g/mol. The second kappa shape index (κ2) is 4.61. The van der Waals surface area contributed by atoms with Gasteiger partial charge in [-0.1, -0.05) is 18.2 Å². The van der Waals surface area contributed by atoms with Crippen LogP contribution in [0.4, 0.5) is 5.69 Å². The third-order valence-corrected chi connectivity index (χ3v) is 3.85. The summed E-state index contributed by atoms with van der Waals surface area (Å²) < 4.78 is 0. The molecule has 4 nitrogen and oxygen atoms in total. The quantitative estimate of drug-likeness (QED) is 0.777. The number of likely N-dealkylation sites (tertiary alicyclic amines) is 1. The molecule has 2 heterocycles. The lowest BCUT2D eigenvalue weighted by Crippen LogP contribution is -2.46. The number of piperidine rings is 1. The fourth-order valence-corrected chi connectivity index (χ4v) is 2.75. The molecule has 96 valence electrons. The van der Waals surface area contributed by atoms with Gasteiger partial charge in [0, 0.05) is 25.2 Å². The zero-order chi connectivity index (χ0) is 12.5. The van der Waals surface area contributed by atoms with Crippen molar-refractivity contribution in [2.24, 2.45) is 0 Å². The molecule has 1 saturated heterocycles. The molecule has 0 aromatic heterocycles. The van der Waals surface area contributed by atoms with Crippen molar-refractivity contribution in [2.75, 3.05) is 18.4 Å². The molecule has 2 aliphatic heterocycles. The number of hydrogen-bond donors (Lipinski definition) is 2. The lowest BCUT2D eigenvalue weighted by molar-refractivity contribution is -0.133. The molecule has 1 atom stereocenters. The van der Waals surface area contributed by atoms with E-state index >= 15 is 0 Å². The van der Waals surface area contributed by atoms with Crippen molar-refractivity contribution in [1.82, 2.24) is 4.90 Å². The van der Waals surface area contributed by atoms with Crippen LogP contribution in [0.2, 0.25) is 0 Å². The monoisotopic (exact) mass is 246 g/mol. The Labute approximate surface area is 107 Å². The number of nitrogens with one attached hydrogen (secondary N) is 1. The van der Waals surface area contributed by atoms with Gasteiger partial charge in [0.25, 0.3) is 0 Å². The van der Waals surface area contributed by atoms with Gasteiger partial charge in [-0.25, -0.2) is 0 Å². The number of carbonyl (C=O) groups excluding carboxylic acids is 1. The molecule has 1 unspecified atom stereocenters. The van der Waals surface area contributed by atoms with Crippen LogP contribution in [0.15, 0.2) is 24.3 Å². The standard InChI is InChI=1S/C14H18N2O2/c17-11-5-7-16(8-6-11)14(18)13-9-10-3-1-2-4-12(10)15-13/h1-4,11,13,15,17H,5-9H2. The van der Waals surface area contributed by atoms with Crippen LogP contribution in [0.25, 0.3) is 0 Å². The Hall–Kier alpha value is -1.55. The number of aliphatic hydroxyl groups is 1. The first-order valence-corrected chi connectivity index (χ1v) is 6.55. The minimum atomic E-state index is -0.234. The number of benzene rings is 1. The van der Waals surface area contributed by atoms with Crippen molar-refractivity contribution in [1.29, 1.82) is 0 Å². The van der Waals surface area contributed by atoms with Gasteiger partial charge in [-0.05, 0) is 24.5 Å². The molecular formula is C14H18N2O2.